The van der Waals surface area contributed by atoms with Crippen LogP contribution in [0.3, 0.4) is 0 Å². The standard InChI is InChI=1S/C22H28FN7O2/c1-13(2)22(32)20(31)27-18-14(3)26-21(28-19(18)29(22)4)24-9-15-10-25-30(11-15)12-16-7-5-6-8-17(16)23/h5-8,10-11,13,20,27,31-32H,9,12H2,1-4H3,(H,24,26,28)/t20?,22-/m0/s1. The first-order chi connectivity index (χ1) is 15.2. The number of hydrogen-bond acceptors (Lipinski definition) is 8. The number of likely N-dealkylation sites (N-methyl/N-ethyl adjacent to an activating group) is 1. The fourth-order valence-electron chi connectivity index (χ4n) is 3.91. The van der Waals surface area contributed by atoms with Gasteiger partial charge in [0.15, 0.2) is 17.8 Å². The third-order valence-electron chi connectivity index (χ3n) is 5.89. The van der Waals surface area contributed by atoms with Gasteiger partial charge in [-0.3, -0.25) is 4.68 Å². The average Bonchev–Trinajstić information content (AvgIpc) is 3.20. The van der Waals surface area contributed by atoms with E-state index < -0.39 is 12.0 Å². The molecule has 0 fully saturated rings. The number of halogens is 1. The number of nitrogens with one attached hydrogen (secondary N) is 2. The second kappa shape index (κ2) is 8.36. The smallest absolute Gasteiger partial charge is 0.225 e. The summed E-state index contributed by atoms with van der Waals surface area (Å²) in [6, 6.07) is 6.62. The van der Waals surface area contributed by atoms with E-state index in [0.29, 0.717) is 41.8 Å². The largest absolute Gasteiger partial charge is 0.369 e. The Balaban J connectivity index is 1.50. The first kappa shape index (κ1) is 22.0. The molecule has 3 aromatic rings. The van der Waals surface area contributed by atoms with Crippen LogP contribution >= 0.6 is 0 Å². The minimum atomic E-state index is -1.51. The van der Waals surface area contributed by atoms with Gasteiger partial charge >= 0.3 is 0 Å². The molecule has 0 saturated heterocycles. The lowest BCUT2D eigenvalue weighted by molar-refractivity contribution is -0.0948. The van der Waals surface area contributed by atoms with Crippen molar-refractivity contribution < 1.29 is 14.6 Å². The van der Waals surface area contributed by atoms with Crippen LogP contribution < -0.4 is 15.5 Å². The van der Waals surface area contributed by atoms with E-state index in [0.717, 1.165) is 5.56 Å². The Morgan fingerprint density at radius 1 is 1.28 bits per heavy atom. The van der Waals surface area contributed by atoms with Gasteiger partial charge in [0.1, 0.15) is 11.5 Å². The van der Waals surface area contributed by atoms with Crippen LogP contribution in [0.4, 0.5) is 21.8 Å². The van der Waals surface area contributed by atoms with Gasteiger partial charge in [0, 0.05) is 36.8 Å². The average molecular weight is 442 g/mol. The summed E-state index contributed by atoms with van der Waals surface area (Å²) in [6.45, 7) is 6.24. The summed E-state index contributed by atoms with van der Waals surface area (Å²) >= 11 is 0. The van der Waals surface area contributed by atoms with Gasteiger partial charge in [0.05, 0.1) is 18.4 Å². The summed E-state index contributed by atoms with van der Waals surface area (Å²) in [5, 5.41) is 32.0. The number of nitrogens with zero attached hydrogens (tertiary/aromatic N) is 5. The minimum Gasteiger partial charge on any atom is -0.369 e. The molecule has 0 spiro atoms. The van der Waals surface area contributed by atoms with Crippen molar-refractivity contribution in [2.75, 3.05) is 22.6 Å². The second-order valence-electron chi connectivity index (χ2n) is 8.37. The Bertz CT molecular complexity index is 1120. The summed E-state index contributed by atoms with van der Waals surface area (Å²) in [4.78, 5) is 10.6. The number of aryl methyl sites for hydroxylation is 1. The summed E-state index contributed by atoms with van der Waals surface area (Å²) in [7, 11) is 1.70. The second-order valence-corrected chi connectivity index (χ2v) is 8.37. The first-order valence-electron chi connectivity index (χ1n) is 10.5. The molecule has 1 aliphatic heterocycles. The van der Waals surface area contributed by atoms with Crippen LogP contribution in [0.2, 0.25) is 0 Å². The number of fused-ring (bicyclic) bond motifs is 1. The lowest BCUT2D eigenvalue weighted by atomic mass is 9.93. The van der Waals surface area contributed by atoms with Gasteiger partial charge in [0.2, 0.25) is 5.95 Å². The fraction of sp³-hybridized carbons (Fsp3) is 0.409. The van der Waals surface area contributed by atoms with Crippen molar-refractivity contribution in [2.24, 2.45) is 5.92 Å². The van der Waals surface area contributed by atoms with Gasteiger partial charge in [-0.2, -0.15) is 10.1 Å². The van der Waals surface area contributed by atoms with Gasteiger partial charge in [-0.05, 0) is 13.0 Å². The fourth-order valence-corrected chi connectivity index (χ4v) is 3.91. The van der Waals surface area contributed by atoms with Crippen molar-refractivity contribution in [3.05, 3.63) is 59.3 Å². The molecule has 1 unspecified atom stereocenters. The Hall–Kier alpha value is -3.24. The van der Waals surface area contributed by atoms with E-state index in [1.165, 1.54) is 6.07 Å². The molecule has 32 heavy (non-hydrogen) atoms. The highest BCUT2D eigenvalue weighted by Crippen LogP contribution is 2.40. The SMILES string of the molecule is Cc1nc(NCc2cnn(Cc3ccccc3F)c2)nc2c1NC(O)[C@@](O)(C(C)C)N2C. The van der Waals surface area contributed by atoms with E-state index in [2.05, 4.69) is 25.7 Å². The molecule has 0 saturated carbocycles. The van der Waals surface area contributed by atoms with Gasteiger partial charge in [0.25, 0.3) is 0 Å². The molecule has 0 radical (unpaired) electrons. The van der Waals surface area contributed by atoms with Crippen LogP contribution in [-0.4, -0.2) is 49.0 Å². The highest BCUT2D eigenvalue weighted by molar-refractivity contribution is 5.73. The number of aromatic nitrogens is 4. The summed E-state index contributed by atoms with van der Waals surface area (Å²) in [5.41, 5.74) is 1.16. The van der Waals surface area contributed by atoms with Crippen molar-refractivity contribution in [3.8, 4) is 0 Å². The number of hydrogen-bond donors (Lipinski definition) is 4. The topological polar surface area (TPSA) is 111 Å². The predicted molar refractivity (Wildman–Crippen MR) is 120 cm³/mol. The zero-order chi connectivity index (χ0) is 23.0. The molecule has 2 atom stereocenters. The molecule has 2 aromatic heterocycles. The third kappa shape index (κ3) is 3.87. The van der Waals surface area contributed by atoms with E-state index in [9.17, 15) is 14.6 Å². The van der Waals surface area contributed by atoms with Crippen LogP contribution in [0.5, 0.6) is 0 Å². The molecular weight excluding hydrogens is 413 g/mol. The van der Waals surface area contributed by atoms with Crippen molar-refractivity contribution in [1.82, 2.24) is 19.7 Å². The highest BCUT2D eigenvalue weighted by atomic mass is 19.1. The molecule has 0 aliphatic carbocycles. The summed E-state index contributed by atoms with van der Waals surface area (Å²) in [6.07, 6.45) is 2.37. The van der Waals surface area contributed by atoms with E-state index >= 15 is 0 Å². The maximum Gasteiger partial charge on any atom is 0.225 e. The minimum absolute atomic E-state index is 0.255. The normalized spacial score (nSPS) is 20.2. The molecule has 9 nitrogen and oxygen atoms in total. The maximum absolute atomic E-state index is 13.9. The van der Waals surface area contributed by atoms with Crippen LogP contribution in [0.15, 0.2) is 36.7 Å². The Morgan fingerprint density at radius 3 is 2.75 bits per heavy atom. The molecular formula is C22H28FN7O2. The summed E-state index contributed by atoms with van der Waals surface area (Å²) in [5.74, 6) is 0.371. The number of benzene rings is 1. The maximum atomic E-state index is 13.9. The highest BCUT2D eigenvalue weighted by Gasteiger charge is 2.48. The van der Waals surface area contributed by atoms with Gasteiger partial charge in [-0.1, -0.05) is 32.0 Å². The Morgan fingerprint density at radius 2 is 2.03 bits per heavy atom. The zero-order valence-electron chi connectivity index (χ0n) is 18.5. The van der Waals surface area contributed by atoms with Gasteiger partial charge < -0.3 is 25.7 Å². The Kier molecular flexibility index (Phi) is 5.74. The van der Waals surface area contributed by atoms with Crippen molar-refractivity contribution in [3.63, 3.8) is 0 Å². The third-order valence-corrected chi connectivity index (χ3v) is 5.89. The van der Waals surface area contributed by atoms with E-state index in [1.54, 1.807) is 41.0 Å². The van der Waals surface area contributed by atoms with Crippen LogP contribution in [0.25, 0.3) is 0 Å². The van der Waals surface area contributed by atoms with Crippen molar-refractivity contribution in [1.29, 1.82) is 0 Å². The van der Waals surface area contributed by atoms with Crippen LogP contribution in [0, 0.1) is 18.7 Å². The van der Waals surface area contributed by atoms with E-state index in [-0.39, 0.29) is 11.7 Å². The number of anilines is 3. The summed E-state index contributed by atoms with van der Waals surface area (Å²) < 4.78 is 15.6. The molecule has 10 heteroatoms. The zero-order valence-corrected chi connectivity index (χ0v) is 18.5. The van der Waals surface area contributed by atoms with Crippen molar-refractivity contribution in [2.45, 2.75) is 45.8 Å². The molecule has 4 N–H and O–H groups in total. The van der Waals surface area contributed by atoms with Gasteiger partial charge in [-0.15, -0.1) is 0 Å². The number of aliphatic hydroxyl groups excluding tert-OH is 1. The van der Waals surface area contributed by atoms with Gasteiger partial charge in [-0.25, -0.2) is 9.37 Å². The molecule has 3 heterocycles. The van der Waals surface area contributed by atoms with Crippen molar-refractivity contribution >= 4 is 17.5 Å². The molecule has 0 bridgehead atoms. The molecule has 170 valence electrons. The molecule has 0 amide bonds. The Labute approximate surface area is 185 Å². The molecule has 1 aliphatic rings. The molecule has 4 rings (SSSR count). The quantitative estimate of drug-likeness (QED) is 0.461. The predicted octanol–water partition coefficient (Wildman–Crippen LogP) is 2.31. The molecule has 1 aromatic carbocycles. The lowest BCUT2D eigenvalue weighted by Crippen LogP contribution is -2.64. The first-order valence-corrected chi connectivity index (χ1v) is 10.5. The lowest BCUT2D eigenvalue weighted by Gasteiger charge is -2.48. The van der Waals surface area contributed by atoms with E-state index in [1.807, 2.05) is 27.0 Å². The number of aliphatic hydroxyl groups is 2. The van der Waals surface area contributed by atoms with Crippen LogP contribution in [-0.2, 0) is 13.1 Å². The van der Waals surface area contributed by atoms with Crippen LogP contribution in [0.1, 0.15) is 30.7 Å². The monoisotopic (exact) mass is 441 g/mol. The van der Waals surface area contributed by atoms with E-state index in [4.69, 9.17) is 0 Å². The number of rotatable bonds is 6.